The summed E-state index contributed by atoms with van der Waals surface area (Å²) in [7, 11) is 1.35. The van der Waals surface area contributed by atoms with E-state index in [0.717, 1.165) is 23.3 Å². The fraction of sp³-hybridized carbons (Fsp3) is 0.478. The molecule has 0 heterocycles. The minimum Gasteiger partial charge on any atom is -0.543 e. The Morgan fingerprint density at radius 1 is 0.964 bits per heavy atom. The van der Waals surface area contributed by atoms with Crippen LogP contribution in [0.3, 0.4) is 0 Å². The number of methoxy groups -OCH3 is 2. The maximum absolute atomic E-state index is 10.7. The van der Waals surface area contributed by atoms with Gasteiger partial charge in [0, 0.05) is 0 Å². The Hall–Kier alpha value is -1.98. The molecule has 0 saturated heterocycles. The van der Waals surface area contributed by atoms with Crippen LogP contribution in [-0.4, -0.2) is 27.6 Å². The molecule has 0 aliphatic rings. The highest BCUT2D eigenvalue weighted by Crippen LogP contribution is 2.38. The highest BCUT2D eigenvalue weighted by Gasteiger charge is 2.39. The van der Waals surface area contributed by atoms with Crippen molar-refractivity contribution >= 4 is 8.32 Å². The van der Waals surface area contributed by atoms with Gasteiger partial charge in [0.05, 0.1) is 20.3 Å². The third-order valence-corrected chi connectivity index (χ3v) is 9.93. The van der Waals surface area contributed by atoms with E-state index in [1.54, 1.807) is 14.2 Å². The summed E-state index contributed by atoms with van der Waals surface area (Å²) in [5.74, 6) is 2.26. The summed E-state index contributed by atoms with van der Waals surface area (Å²) in [6.07, 6.45) is 0.824. The second-order valence-electron chi connectivity index (χ2n) is 8.68. The van der Waals surface area contributed by atoms with Crippen LogP contribution in [0.4, 0.5) is 0 Å². The largest absolute Gasteiger partial charge is 0.543 e. The Labute approximate surface area is 170 Å². The minimum atomic E-state index is -1.90. The molecule has 0 radical (unpaired) electrons. The molecule has 2 aromatic rings. The van der Waals surface area contributed by atoms with Crippen molar-refractivity contribution in [1.29, 1.82) is 0 Å². The number of hydrogen-bond donors (Lipinski definition) is 1. The summed E-state index contributed by atoms with van der Waals surface area (Å²) in [6, 6.07) is 13.7. The van der Waals surface area contributed by atoms with Crippen molar-refractivity contribution in [2.75, 3.05) is 14.2 Å². The number of hydrogen-bond acceptors (Lipinski definition) is 4. The van der Waals surface area contributed by atoms with E-state index < -0.39 is 14.4 Å². The number of aryl methyl sites for hydroxylation is 1. The molecule has 0 aliphatic heterocycles. The molecule has 0 bridgehead atoms. The van der Waals surface area contributed by atoms with Gasteiger partial charge in [0.2, 0.25) is 8.32 Å². The predicted octanol–water partition coefficient (Wildman–Crippen LogP) is 5.75. The molecule has 2 rings (SSSR count). The molecule has 5 heteroatoms. The molecule has 28 heavy (non-hydrogen) atoms. The average molecular weight is 403 g/mol. The molecule has 0 fully saturated rings. The number of ether oxygens (including phenoxy) is 2. The molecule has 4 nitrogen and oxygen atoms in total. The van der Waals surface area contributed by atoms with Gasteiger partial charge >= 0.3 is 0 Å². The first-order valence-corrected chi connectivity index (χ1v) is 12.7. The van der Waals surface area contributed by atoms with Crippen molar-refractivity contribution in [2.45, 2.75) is 57.8 Å². The molecular formula is C23H34O4Si. The molecule has 2 aromatic carbocycles. The van der Waals surface area contributed by atoms with Crippen LogP contribution in [0, 0.1) is 0 Å². The van der Waals surface area contributed by atoms with Crippen molar-refractivity contribution in [3.05, 3.63) is 53.6 Å². The molecule has 0 spiro atoms. The van der Waals surface area contributed by atoms with Crippen LogP contribution in [-0.2, 0) is 6.42 Å². The van der Waals surface area contributed by atoms with E-state index in [1.165, 1.54) is 0 Å². The van der Waals surface area contributed by atoms with Gasteiger partial charge in [-0.25, -0.2) is 0 Å². The third-order valence-electron chi connectivity index (χ3n) is 5.58. The highest BCUT2D eigenvalue weighted by atomic mass is 28.4. The van der Waals surface area contributed by atoms with Crippen LogP contribution >= 0.6 is 0 Å². The fourth-order valence-corrected chi connectivity index (χ4v) is 3.76. The molecule has 0 amide bonds. The monoisotopic (exact) mass is 402 g/mol. The van der Waals surface area contributed by atoms with Crippen molar-refractivity contribution in [1.82, 2.24) is 0 Å². The zero-order valence-corrected chi connectivity index (χ0v) is 19.2. The third kappa shape index (κ3) is 5.52. The van der Waals surface area contributed by atoms with Crippen LogP contribution in [0.15, 0.2) is 42.5 Å². The lowest BCUT2D eigenvalue weighted by Gasteiger charge is -2.36. The van der Waals surface area contributed by atoms with E-state index >= 15 is 0 Å². The Bertz CT molecular complexity index is 780. The van der Waals surface area contributed by atoms with E-state index in [0.29, 0.717) is 17.9 Å². The second kappa shape index (κ2) is 9.01. The van der Waals surface area contributed by atoms with E-state index in [2.05, 4.69) is 33.9 Å². The van der Waals surface area contributed by atoms with Crippen molar-refractivity contribution < 1.29 is 19.0 Å². The quantitative estimate of drug-likeness (QED) is 0.571. The Morgan fingerprint density at radius 2 is 1.64 bits per heavy atom. The van der Waals surface area contributed by atoms with Crippen molar-refractivity contribution in [3.8, 4) is 17.2 Å². The summed E-state index contributed by atoms with van der Waals surface area (Å²) < 4.78 is 17.0. The molecule has 0 aromatic heterocycles. The lowest BCUT2D eigenvalue weighted by atomic mass is 10.0. The standard InChI is InChI=1S/C23H34O4Si/c1-23(2,3)28(6,7)27-19-10-8-9-18(16-19)20(24)13-11-17-12-14-21(25-4)22(15-17)26-5/h8-10,12,14-16,20,24H,11,13H2,1-7H3. The summed E-state index contributed by atoms with van der Waals surface area (Å²) in [6.45, 7) is 11.1. The van der Waals surface area contributed by atoms with Gasteiger partial charge in [-0.05, 0) is 66.4 Å². The van der Waals surface area contributed by atoms with Gasteiger partial charge in [0.25, 0.3) is 0 Å². The maximum atomic E-state index is 10.7. The number of aliphatic hydroxyl groups is 1. The lowest BCUT2D eigenvalue weighted by molar-refractivity contribution is 0.167. The summed E-state index contributed by atoms with van der Waals surface area (Å²) in [5.41, 5.74) is 1.99. The summed E-state index contributed by atoms with van der Waals surface area (Å²) in [5, 5.41) is 10.8. The van der Waals surface area contributed by atoms with Gasteiger partial charge in [-0.2, -0.15) is 0 Å². The SMILES string of the molecule is COc1ccc(CCC(O)c2cccc(O[Si](C)(C)C(C)(C)C)c2)cc1OC. The molecule has 1 unspecified atom stereocenters. The number of benzene rings is 2. The maximum Gasteiger partial charge on any atom is 0.250 e. The molecular weight excluding hydrogens is 368 g/mol. The van der Waals surface area contributed by atoms with Crippen LogP contribution < -0.4 is 13.9 Å². The Kier molecular flexibility index (Phi) is 7.18. The fourth-order valence-electron chi connectivity index (χ4n) is 2.74. The summed E-state index contributed by atoms with van der Waals surface area (Å²) >= 11 is 0. The van der Waals surface area contributed by atoms with Crippen LogP contribution in [0.5, 0.6) is 17.2 Å². The average Bonchev–Trinajstić information content (AvgIpc) is 2.64. The summed E-state index contributed by atoms with van der Waals surface area (Å²) in [4.78, 5) is 0. The first-order valence-electron chi connectivity index (χ1n) is 9.75. The number of rotatable bonds is 8. The predicted molar refractivity (Wildman–Crippen MR) is 117 cm³/mol. The Balaban J connectivity index is 2.06. The van der Waals surface area contributed by atoms with Gasteiger partial charge < -0.3 is 19.0 Å². The van der Waals surface area contributed by atoms with E-state index in [4.69, 9.17) is 13.9 Å². The Morgan fingerprint density at radius 3 is 2.25 bits per heavy atom. The second-order valence-corrected chi connectivity index (χ2v) is 13.4. The zero-order chi connectivity index (χ0) is 20.9. The molecule has 154 valence electrons. The number of aliphatic hydroxyl groups excluding tert-OH is 1. The van der Waals surface area contributed by atoms with Crippen molar-refractivity contribution in [3.63, 3.8) is 0 Å². The molecule has 1 atom stereocenters. The van der Waals surface area contributed by atoms with Crippen LogP contribution in [0.1, 0.15) is 44.4 Å². The van der Waals surface area contributed by atoms with E-state index in [1.807, 2.05) is 42.5 Å². The van der Waals surface area contributed by atoms with E-state index in [-0.39, 0.29) is 5.04 Å². The molecule has 1 N–H and O–H groups in total. The molecule has 0 aliphatic carbocycles. The van der Waals surface area contributed by atoms with Crippen LogP contribution in [0.2, 0.25) is 18.1 Å². The lowest BCUT2D eigenvalue weighted by Crippen LogP contribution is -2.43. The molecule has 0 saturated carbocycles. The van der Waals surface area contributed by atoms with Gasteiger partial charge in [0.15, 0.2) is 11.5 Å². The van der Waals surface area contributed by atoms with E-state index in [9.17, 15) is 5.11 Å². The van der Waals surface area contributed by atoms with Gasteiger partial charge in [-0.1, -0.05) is 39.0 Å². The van der Waals surface area contributed by atoms with Crippen molar-refractivity contribution in [2.24, 2.45) is 0 Å². The van der Waals surface area contributed by atoms with Gasteiger partial charge in [-0.3, -0.25) is 0 Å². The first kappa shape index (κ1) is 22.3. The zero-order valence-electron chi connectivity index (χ0n) is 18.2. The first-order chi connectivity index (χ1) is 13.1. The topological polar surface area (TPSA) is 47.9 Å². The van der Waals surface area contributed by atoms with Crippen LogP contribution in [0.25, 0.3) is 0 Å². The van der Waals surface area contributed by atoms with Gasteiger partial charge in [-0.15, -0.1) is 0 Å². The highest BCUT2D eigenvalue weighted by molar-refractivity contribution is 6.74. The minimum absolute atomic E-state index is 0.134. The van der Waals surface area contributed by atoms with Gasteiger partial charge in [0.1, 0.15) is 5.75 Å². The normalized spacial score (nSPS) is 13.1. The smallest absolute Gasteiger partial charge is 0.250 e.